The summed E-state index contributed by atoms with van der Waals surface area (Å²) in [4.78, 5) is 51.5. The van der Waals surface area contributed by atoms with Gasteiger partial charge < -0.3 is 25.0 Å². The highest BCUT2D eigenvalue weighted by Gasteiger charge is 2.38. The smallest absolute Gasteiger partial charge is 0.408 e. The van der Waals surface area contributed by atoms with E-state index in [1.807, 2.05) is 19.1 Å². The highest BCUT2D eigenvalue weighted by molar-refractivity contribution is 5.92. The Bertz CT molecular complexity index is 837. The predicted octanol–water partition coefficient (Wildman–Crippen LogP) is 2.73. The van der Waals surface area contributed by atoms with Crippen LogP contribution in [0.4, 0.5) is 4.79 Å². The zero-order valence-electron chi connectivity index (χ0n) is 20.9. The van der Waals surface area contributed by atoms with Gasteiger partial charge in [0.15, 0.2) is 0 Å². The summed E-state index contributed by atoms with van der Waals surface area (Å²) >= 11 is 0. The van der Waals surface area contributed by atoms with Crippen molar-refractivity contribution in [2.24, 2.45) is 0 Å². The van der Waals surface area contributed by atoms with Crippen LogP contribution in [0.3, 0.4) is 0 Å². The third kappa shape index (κ3) is 9.11. The van der Waals surface area contributed by atoms with Gasteiger partial charge in [-0.3, -0.25) is 14.4 Å². The summed E-state index contributed by atoms with van der Waals surface area (Å²) in [7, 11) is 1.22. The van der Waals surface area contributed by atoms with E-state index in [0.29, 0.717) is 5.56 Å². The van der Waals surface area contributed by atoms with Gasteiger partial charge >= 0.3 is 12.1 Å². The molecule has 0 bridgehead atoms. The van der Waals surface area contributed by atoms with Crippen molar-refractivity contribution >= 4 is 23.9 Å². The molecule has 1 atom stereocenters. The van der Waals surface area contributed by atoms with Gasteiger partial charge in [0.05, 0.1) is 7.11 Å². The van der Waals surface area contributed by atoms with Crippen LogP contribution in [-0.4, -0.2) is 60.1 Å². The van der Waals surface area contributed by atoms with Crippen LogP contribution in [0.15, 0.2) is 24.3 Å². The minimum atomic E-state index is -1.03. The molecule has 0 fully saturated rings. The van der Waals surface area contributed by atoms with Crippen molar-refractivity contribution in [2.75, 3.05) is 20.2 Å². The maximum absolute atomic E-state index is 13.3. The Morgan fingerprint density at radius 1 is 0.939 bits per heavy atom. The summed E-state index contributed by atoms with van der Waals surface area (Å²) in [6.07, 6.45) is 0.0880. The number of nitrogens with zero attached hydrogens (tertiary/aromatic N) is 1. The Balaban J connectivity index is 3.27. The Kier molecular flexibility index (Phi) is 9.88. The lowest BCUT2D eigenvalue weighted by atomic mass is 9.95. The number of hydrogen-bond donors (Lipinski definition) is 2. The van der Waals surface area contributed by atoms with Gasteiger partial charge in [-0.15, -0.1) is 0 Å². The number of aryl methyl sites for hydroxylation is 1. The van der Waals surface area contributed by atoms with Crippen molar-refractivity contribution in [1.29, 1.82) is 0 Å². The van der Waals surface area contributed by atoms with Crippen molar-refractivity contribution in [3.05, 3.63) is 35.4 Å². The minimum Gasteiger partial charge on any atom is -0.468 e. The number of hydrogen-bond acceptors (Lipinski definition) is 6. The van der Waals surface area contributed by atoms with Gasteiger partial charge in [0.1, 0.15) is 24.7 Å². The summed E-state index contributed by atoms with van der Waals surface area (Å²) in [5.41, 5.74) is 0.153. The molecule has 0 saturated carbocycles. The molecule has 0 aliphatic rings. The first-order chi connectivity index (χ1) is 15.2. The van der Waals surface area contributed by atoms with Crippen molar-refractivity contribution in [1.82, 2.24) is 15.5 Å². The standard InChI is InChI=1S/C24H37N3O6/c1-9-16-10-12-17(13-11-16)20(21(30)25-15-19(29)32-8)27(23(2,3)4)18(28)14-26-22(31)33-24(5,6)7/h10-13,20H,9,14-15H2,1-8H3,(H,25,30)(H,26,31). The van der Waals surface area contributed by atoms with E-state index in [4.69, 9.17) is 4.74 Å². The number of carbonyl (C=O) groups is 4. The number of benzene rings is 1. The van der Waals surface area contributed by atoms with Crippen molar-refractivity contribution in [3.8, 4) is 0 Å². The number of ether oxygens (including phenoxy) is 2. The van der Waals surface area contributed by atoms with Gasteiger partial charge in [-0.25, -0.2) is 4.79 Å². The summed E-state index contributed by atoms with van der Waals surface area (Å²) in [6.45, 7) is 11.9. The van der Waals surface area contributed by atoms with Crippen LogP contribution in [0.25, 0.3) is 0 Å². The van der Waals surface area contributed by atoms with E-state index in [1.165, 1.54) is 12.0 Å². The fraction of sp³-hybridized carbons (Fsp3) is 0.583. The molecule has 1 rings (SSSR count). The number of methoxy groups -OCH3 is 1. The quantitative estimate of drug-likeness (QED) is 0.573. The van der Waals surface area contributed by atoms with E-state index in [9.17, 15) is 19.2 Å². The zero-order valence-corrected chi connectivity index (χ0v) is 20.9. The van der Waals surface area contributed by atoms with E-state index < -0.39 is 41.1 Å². The molecule has 0 aliphatic carbocycles. The van der Waals surface area contributed by atoms with Gasteiger partial charge in [0.25, 0.3) is 0 Å². The van der Waals surface area contributed by atoms with Gasteiger partial charge in [0, 0.05) is 5.54 Å². The first kappa shape index (κ1) is 27.9. The molecule has 9 nitrogen and oxygen atoms in total. The van der Waals surface area contributed by atoms with Crippen LogP contribution < -0.4 is 10.6 Å². The number of amides is 3. The largest absolute Gasteiger partial charge is 0.468 e. The van der Waals surface area contributed by atoms with E-state index in [1.54, 1.807) is 53.7 Å². The highest BCUT2D eigenvalue weighted by Crippen LogP contribution is 2.29. The lowest BCUT2D eigenvalue weighted by molar-refractivity contribution is -0.147. The summed E-state index contributed by atoms with van der Waals surface area (Å²) in [5.74, 6) is -1.63. The normalized spacial score (nSPS) is 12.4. The molecule has 0 aliphatic heterocycles. The Morgan fingerprint density at radius 3 is 1.97 bits per heavy atom. The maximum atomic E-state index is 13.3. The topological polar surface area (TPSA) is 114 Å². The average molecular weight is 464 g/mol. The lowest BCUT2D eigenvalue weighted by Crippen LogP contribution is -2.55. The van der Waals surface area contributed by atoms with E-state index in [2.05, 4.69) is 15.4 Å². The number of nitrogens with one attached hydrogen (secondary N) is 2. The molecule has 1 unspecified atom stereocenters. The number of rotatable bonds is 8. The predicted molar refractivity (Wildman–Crippen MR) is 124 cm³/mol. The van der Waals surface area contributed by atoms with Crippen molar-refractivity contribution < 1.29 is 28.7 Å². The third-order valence-corrected chi connectivity index (χ3v) is 4.62. The number of alkyl carbamates (subject to hydrolysis) is 1. The summed E-state index contributed by atoms with van der Waals surface area (Å²) < 4.78 is 9.80. The molecule has 1 aromatic carbocycles. The summed E-state index contributed by atoms with van der Waals surface area (Å²) in [5, 5.41) is 5.00. The SMILES string of the molecule is CCc1ccc(C(C(=O)NCC(=O)OC)N(C(=O)CNC(=O)OC(C)(C)C)C(C)(C)C)cc1. The molecule has 0 saturated heterocycles. The first-order valence-electron chi connectivity index (χ1n) is 10.9. The molecule has 0 heterocycles. The number of esters is 1. The van der Waals surface area contributed by atoms with Crippen LogP contribution in [0.1, 0.15) is 65.6 Å². The fourth-order valence-electron chi connectivity index (χ4n) is 3.13. The monoisotopic (exact) mass is 463 g/mol. The lowest BCUT2D eigenvalue weighted by Gasteiger charge is -2.41. The molecular formula is C24H37N3O6. The highest BCUT2D eigenvalue weighted by atomic mass is 16.6. The molecule has 1 aromatic rings. The summed E-state index contributed by atoms with van der Waals surface area (Å²) in [6, 6.07) is 6.32. The van der Waals surface area contributed by atoms with Crippen LogP contribution in [-0.2, 0) is 30.3 Å². The third-order valence-electron chi connectivity index (χ3n) is 4.62. The van der Waals surface area contributed by atoms with Gasteiger partial charge in [-0.2, -0.15) is 0 Å². The van der Waals surface area contributed by atoms with Crippen LogP contribution in [0.5, 0.6) is 0 Å². The minimum absolute atomic E-state index is 0.332. The van der Waals surface area contributed by atoms with Gasteiger partial charge in [-0.05, 0) is 59.1 Å². The molecule has 9 heteroatoms. The molecular weight excluding hydrogens is 426 g/mol. The fourth-order valence-corrected chi connectivity index (χ4v) is 3.13. The van der Waals surface area contributed by atoms with Crippen molar-refractivity contribution in [2.45, 2.75) is 72.1 Å². The Labute approximate surface area is 196 Å². The second kappa shape index (κ2) is 11.7. The first-order valence-corrected chi connectivity index (χ1v) is 10.9. The van der Waals surface area contributed by atoms with Crippen LogP contribution >= 0.6 is 0 Å². The van der Waals surface area contributed by atoms with Crippen molar-refractivity contribution in [3.63, 3.8) is 0 Å². The Morgan fingerprint density at radius 2 is 1.52 bits per heavy atom. The van der Waals surface area contributed by atoms with Crippen LogP contribution in [0.2, 0.25) is 0 Å². The average Bonchev–Trinajstić information content (AvgIpc) is 2.71. The van der Waals surface area contributed by atoms with E-state index >= 15 is 0 Å². The second-order valence-corrected chi connectivity index (χ2v) is 9.58. The molecule has 184 valence electrons. The molecule has 0 radical (unpaired) electrons. The molecule has 2 N–H and O–H groups in total. The maximum Gasteiger partial charge on any atom is 0.408 e. The molecule has 0 spiro atoms. The zero-order chi connectivity index (χ0) is 25.4. The van der Waals surface area contributed by atoms with Gasteiger partial charge in [0.2, 0.25) is 11.8 Å². The second-order valence-electron chi connectivity index (χ2n) is 9.58. The Hall–Kier alpha value is -3.10. The molecule has 0 aromatic heterocycles. The van der Waals surface area contributed by atoms with E-state index in [0.717, 1.165) is 12.0 Å². The molecule has 33 heavy (non-hydrogen) atoms. The van der Waals surface area contributed by atoms with Gasteiger partial charge in [-0.1, -0.05) is 31.2 Å². The number of carbonyl (C=O) groups excluding carboxylic acids is 4. The van der Waals surface area contributed by atoms with Crippen LogP contribution in [0, 0.1) is 0 Å². The molecule has 3 amide bonds. The van der Waals surface area contributed by atoms with E-state index in [-0.39, 0.29) is 13.1 Å².